The minimum absolute atomic E-state index is 0.00515. The van der Waals surface area contributed by atoms with Gasteiger partial charge < -0.3 is 20.1 Å². The summed E-state index contributed by atoms with van der Waals surface area (Å²) in [6.45, 7) is 0.550. The van der Waals surface area contributed by atoms with Crippen LogP contribution in [0, 0.1) is 0 Å². The van der Waals surface area contributed by atoms with Crippen molar-refractivity contribution < 1.29 is 23.9 Å². The highest BCUT2D eigenvalue weighted by molar-refractivity contribution is 7.10. The molecule has 0 spiro atoms. The highest BCUT2D eigenvalue weighted by Gasteiger charge is 2.42. The molecule has 0 aromatic carbocycles. The first-order valence-corrected chi connectivity index (χ1v) is 8.27. The maximum atomic E-state index is 12.4. The fourth-order valence-electron chi connectivity index (χ4n) is 2.64. The normalized spacial score (nSPS) is 19.9. The Morgan fingerprint density at radius 1 is 1.54 bits per heavy atom. The Balaban J connectivity index is 1.81. The maximum absolute atomic E-state index is 12.4. The number of nitrogens with one attached hydrogen (secondary N) is 2. The Labute approximate surface area is 142 Å². The number of methoxy groups -OCH3 is 1. The number of rotatable bonds is 6. The number of esters is 1. The number of urea groups is 1. The number of carbonyl (C=O) groups is 3. The number of nitrogens with zero attached hydrogens (tertiary/aromatic N) is 1. The predicted molar refractivity (Wildman–Crippen MR) is 85.2 cm³/mol. The van der Waals surface area contributed by atoms with Gasteiger partial charge in [0, 0.05) is 18.5 Å². The molecule has 1 aromatic rings. The summed E-state index contributed by atoms with van der Waals surface area (Å²) in [6.07, 6.45) is 0. The van der Waals surface area contributed by atoms with Crippen molar-refractivity contribution in [1.82, 2.24) is 15.5 Å². The zero-order valence-electron chi connectivity index (χ0n) is 13.0. The third kappa shape index (κ3) is 3.13. The van der Waals surface area contributed by atoms with E-state index >= 15 is 0 Å². The molecule has 0 saturated heterocycles. The molecule has 2 N–H and O–H groups in total. The number of hydrogen-bond acceptors (Lipinski definition) is 6. The average molecular weight is 351 g/mol. The second kappa shape index (κ2) is 7.02. The summed E-state index contributed by atoms with van der Waals surface area (Å²) >= 11 is 1.44. The van der Waals surface area contributed by atoms with E-state index in [2.05, 4.69) is 10.6 Å². The summed E-state index contributed by atoms with van der Waals surface area (Å²) in [5.74, 6) is -0.795. The van der Waals surface area contributed by atoms with Gasteiger partial charge in [0.05, 0.1) is 23.9 Å². The smallest absolute Gasteiger partial charge is 0.338 e. The van der Waals surface area contributed by atoms with Crippen molar-refractivity contribution in [1.29, 1.82) is 0 Å². The van der Waals surface area contributed by atoms with E-state index < -0.39 is 18.0 Å². The highest BCUT2D eigenvalue weighted by atomic mass is 32.1. The van der Waals surface area contributed by atoms with Gasteiger partial charge in [-0.2, -0.15) is 0 Å². The molecular formula is C15H17N3O5S. The summed E-state index contributed by atoms with van der Waals surface area (Å²) < 4.78 is 9.95. The van der Waals surface area contributed by atoms with Gasteiger partial charge in [0.15, 0.2) is 0 Å². The molecule has 3 amide bonds. The third-order valence-corrected chi connectivity index (χ3v) is 4.69. The van der Waals surface area contributed by atoms with Crippen molar-refractivity contribution in [3.05, 3.63) is 33.7 Å². The molecule has 0 bridgehead atoms. The van der Waals surface area contributed by atoms with E-state index in [0.29, 0.717) is 24.4 Å². The first-order chi connectivity index (χ1) is 11.6. The standard InChI is InChI=1S/C15H17N3O5S/c1-22-5-4-16-11(19)7-18-9-8-23-14(20)12(9)13(17-15(18)21)10-3-2-6-24-10/h2-3,6,13H,4-5,7-8H2,1H3,(H,16,19)(H,17,21)/t13-/m0/s1. The average Bonchev–Trinajstić information content (AvgIpc) is 3.20. The fraction of sp³-hybridized carbons (Fsp3) is 0.400. The Hall–Kier alpha value is -2.39. The SMILES string of the molecule is COCCNC(=O)CN1C(=O)N[C@@H](c2cccs2)C2=C1COC2=O. The predicted octanol–water partition coefficient (Wildman–Crippen LogP) is 0.388. The molecule has 0 unspecified atom stereocenters. The van der Waals surface area contributed by atoms with E-state index in [0.717, 1.165) is 4.88 Å². The topological polar surface area (TPSA) is 97.0 Å². The molecule has 128 valence electrons. The van der Waals surface area contributed by atoms with E-state index in [1.54, 1.807) is 0 Å². The molecule has 8 nitrogen and oxygen atoms in total. The summed E-state index contributed by atoms with van der Waals surface area (Å²) in [6, 6.07) is 2.74. The van der Waals surface area contributed by atoms with Gasteiger partial charge in [-0.1, -0.05) is 6.07 Å². The van der Waals surface area contributed by atoms with Gasteiger partial charge in [-0.05, 0) is 11.4 Å². The minimum Gasteiger partial charge on any atom is -0.456 e. The second-order valence-electron chi connectivity index (χ2n) is 5.26. The molecule has 0 radical (unpaired) electrons. The van der Waals surface area contributed by atoms with E-state index in [9.17, 15) is 14.4 Å². The van der Waals surface area contributed by atoms with Gasteiger partial charge in [0.25, 0.3) is 0 Å². The van der Waals surface area contributed by atoms with Crippen molar-refractivity contribution in [2.45, 2.75) is 6.04 Å². The van der Waals surface area contributed by atoms with Gasteiger partial charge in [0.2, 0.25) is 5.91 Å². The first kappa shape index (κ1) is 16.5. The molecule has 2 aliphatic rings. The summed E-state index contributed by atoms with van der Waals surface area (Å²) in [5.41, 5.74) is 0.839. The van der Waals surface area contributed by atoms with Crippen LogP contribution in [0.25, 0.3) is 0 Å². The zero-order chi connectivity index (χ0) is 17.1. The Bertz CT molecular complexity index is 685. The number of cyclic esters (lactones) is 1. The third-order valence-electron chi connectivity index (χ3n) is 3.76. The lowest BCUT2D eigenvalue weighted by molar-refractivity contribution is -0.136. The van der Waals surface area contributed by atoms with Gasteiger partial charge in [-0.15, -0.1) is 11.3 Å². The van der Waals surface area contributed by atoms with Crippen LogP contribution in [0.5, 0.6) is 0 Å². The number of thiophene rings is 1. The van der Waals surface area contributed by atoms with Crippen LogP contribution in [0.4, 0.5) is 4.79 Å². The van der Waals surface area contributed by atoms with Gasteiger partial charge in [-0.25, -0.2) is 9.59 Å². The van der Waals surface area contributed by atoms with E-state index in [1.165, 1.54) is 23.3 Å². The Morgan fingerprint density at radius 3 is 3.08 bits per heavy atom. The molecule has 1 aromatic heterocycles. The van der Waals surface area contributed by atoms with Crippen LogP contribution in [-0.2, 0) is 19.1 Å². The fourth-order valence-corrected chi connectivity index (χ4v) is 3.42. The van der Waals surface area contributed by atoms with Gasteiger partial charge in [-0.3, -0.25) is 9.69 Å². The summed E-state index contributed by atoms with van der Waals surface area (Å²) in [4.78, 5) is 38.6. The Kier molecular flexibility index (Phi) is 4.81. The monoisotopic (exact) mass is 351 g/mol. The molecule has 2 aliphatic heterocycles. The maximum Gasteiger partial charge on any atom is 0.338 e. The number of ether oxygens (including phenoxy) is 2. The van der Waals surface area contributed by atoms with Crippen molar-refractivity contribution in [3.8, 4) is 0 Å². The van der Waals surface area contributed by atoms with Gasteiger partial charge >= 0.3 is 12.0 Å². The lowest BCUT2D eigenvalue weighted by Gasteiger charge is -2.31. The minimum atomic E-state index is -0.532. The lowest BCUT2D eigenvalue weighted by atomic mass is 10.0. The van der Waals surface area contributed by atoms with Crippen LogP contribution in [-0.4, -0.2) is 56.2 Å². The van der Waals surface area contributed by atoms with Crippen LogP contribution in [0.1, 0.15) is 10.9 Å². The van der Waals surface area contributed by atoms with E-state index in [1.807, 2.05) is 17.5 Å². The molecule has 0 aliphatic carbocycles. The van der Waals surface area contributed by atoms with E-state index in [-0.39, 0.29) is 19.1 Å². The lowest BCUT2D eigenvalue weighted by Crippen LogP contribution is -2.50. The molecule has 1 atom stereocenters. The van der Waals surface area contributed by atoms with Gasteiger partial charge in [0.1, 0.15) is 13.2 Å². The number of hydrogen-bond donors (Lipinski definition) is 2. The molecule has 24 heavy (non-hydrogen) atoms. The quantitative estimate of drug-likeness (QED) is 0.571. The van der Waals surface area contributed by atoms with E-state index in [4.69, 9.17) is 9.47 Å². The van der Waals surface area contributed by atoms with Crippen LogP contribution in [0.2, 0.25) is 0 Å². The molecule has 9 heteroatoms. The number of amides is 3. The molecule has 0 saturated carbocycles. The highest BCUT2D eigenvalue weighted by Crippen LogP contribution is 2.36. The molecule has 0 fully saturated rings. The van der Waals surface area contributed by atoms with Crippen LogP contribution in [0.3, 0.4) is 0 Å². The first-order valence-electron chi connectivity index (χ1n) is 7.39. The molecule has 3 heterocycles. The number of carbonyl (C=O) groups excluding carboxylic acids is 3. The van der Waals surface area contributed by atoms with Crippen molar-refractivity contribution in [2.24, 2.45) is 0 Å². The zero-order valence-corrected chi connectivity index (χ0v) is 13.9. The summed E-state index contributed by atoms with van der Waals surface area (Å²) in [5, 5.41) is 7.30. The molecular weight excluding hydrogens is 334 g/mol. The van der Waals surface area contributed by atoms with Crippen molar-refractivity contribution >= 4 is 29.2 Å². The largest absolute Gasteiger partial charge is 0.456 e. The molecule has 3 rings (SSSR count). The van der Waals surface area contributed by atoms with Crippen LogP contribution >= 0.6 is 11.3 Å². The summed E-state index contributed by atoms with van der Waals surface area (Å²) in [7, 11) is 1.54. The second-order valence-corrected chi connectivity index (χ2v) is 6.24. The Morgan fingerprint density at radius 2 is 2.38 bits per heavy atom. The van der Waals surface area contributed by atoms with Crippen LogP contribution < -0.4 is 10.6 Å². The van der Waals surface area contributed by atoms with Crippen molar-refractivity contribution in [3.63, 3.8) is 0 Å². The van der Waals surface area contributed by atoms with Crippen LogP contribution in [0.15, 0.2) is 28.8 Å². The van der Waals surface area contributed by atoms with Crippen molar-refractivity contribution in [2.75, 3.05) is 33.4 Å².